The van der Waals surface area contributed by atoms with Crippen LogP contribution in [0.3, 0.4) is 0 Å². The van der Waals surface area contributed by atoms with Crippen molar-refractivity contribution in [3.8, 4) is 0 Å². The first-order valence-corrected chi connectivity index (χ1v) is 10.2. The molecule has 0 bridgehead atoms. The molecule has 0 saturated carbocycles. The third-order valence-electron chi connectivity index (χ3n) is 5.76. The van der Waals surface area contributed by atoms with E-state index >= 15 is 0 Å². The number of amides is 1. The average molecular weight is 387 g/mol. The first-order valence-electron chi connectivity index (χ1n) is 10.2. The van der Waals surface area contributed by atoms with Crippen LogP contribution in [0.4, 0.5) is 20.6 Å². The molecule has 2 saturated heterocycles. The number of hydrogen-bond donors (Lipinski definition) is 0. The molecule has 6 heteroatoms. The highest BCUT2D eigenvalue weighted by Crippen LogP contribution is 2.35. The van der Waals surface area contributed by atoms with E-state index in [1.54, 1.807) is 6.07 Å². The second kappa shape index (κ2) is 8.38. The smallest absolute Gasteiger partial charge is 0.410 e. The zero-order chi connectivity index (χ0) is 20.3. The third-order valence-corrected chi connectivity index (χ3v) is 5.76. The summed E-state index contributed by atoms with van der Waals surface area (Å²) in [4.78, 5) is 19.6. The van der Waals surface area contributed by atoms with Crippen LogP contribution in [0.15, 0.2) is 18.2 Å². The van der Waals surface area contributed by atoms with Gasteiger partial charge in [0, 0.05) is 31.9 Å². The summed E-state index contributed by atoms with van der Waals surface area (Å²) in [5, 5.41) is 0. The van der Waals surface area contributed by atoms with Crippen LogP contribution in [-0.4, -0.2) is 42.8 Å². The molecule has 1 aromatic rings. The number of carbonyl (C=O) groups is 1. The highest BCUT2D eigenvalue weighted by molar-refractivity contribution is 5.68. The molecule has 2 aliphatic heterocycles. The van der Waals surface area contributed by atoms with E-state index in [0.29, 0.717) is 17.5 Å². The molecule has 0 N–H and O–H groups in total. The van der Waals surface area contributed by atoms with E-state index in [1.807, 2.05) is 25.7 Å². The molecule has 5 nitrogen and oxygen atoms in total. The Morgan fingerprint density at radius 2 is 1.64 bits per heavy atom. The molecule has 2 fully saturated rings. The van der Waals surface area contributed by atoms with Gasteiger partial charge in [0.15, 0.2) is 5.69 Å². The number of halogens is 1. The monoisotopic (exact) mass is 387 g/mol. The lowest BCUT2D eigenvalue weighted by Crippen LogP contribution is -2.44. The van der Waals surface area contributed by atoms with Crippen LogP contribution in [0, 0.1) is 24.2 Å². The Hall–Kier alpha value is -2.29. The van der Waals surface area contributed by atoms with E-state index in [2.05, 4.69) is 9.74 Å². The Morgan fingerprint density at radius 3 is 2.18 bits per heavy atom. The van der Waals surface area contributed by atoms with E-state index < -0.39 is 5.60 Å². The lowest BCUT2D eigenvalue weighted by Gasteiger charge is -2.41. The van der Waals surface area contributed by atoms with E-state index in [0.717, 1.165) is 57.5 Å². The quantitative estimate of drug-likeness (QED) is 0.651. The first kappa shape index (κ1) is 20.4. The van der Waals surface area contributed by atoms with Gasteiger partial charge in [0.25, 0.3) is 0 Å². The predicted octanol–water partition coefficient (Wildman–Crippen LogP) is 5.24. The number of ether oxygens (including phenoxy) is 1. The minimum absolute atomic E-state index is 0.206. The van der Waals surface area contributed by atoms with E-state index in [9.17, 15) is 9.18 Å². The molecule has 1 amide bonds. The molecule has 2 heterocycles. The summed E-state index contributed by atoms with van der Waals surface area (Å²) in [6, 6.07) is 4.58. The number of piperidine rings is 2. The molecule has 2 aliphatic rings. The zero-order valence-corrected chi connectivity index (χ0v) is 17.1. The van der Waals surface area contributed by atoms with Crippen LogP contribution in [0.25, 0.3) is 4.85 Å². The normalized spacial score (nSPS) is 19.4. The molecule has 0 atom stereocenters. The number of nitrogens with zero attached hydrogens (tertiary/aromatic N) is 3. The van der Waals surface area contributed by atoms with E-state index in [-0.39, 0.29) is 11.9 Å². The highest BCUT2D eigenvalue weighted by atomic mass is 19.1. The largest absolute Gasteiger partial charge is 0.444 e. The highest BCUT2D eigenvalue weighted by Gasteiger charge is 2.32. The van der Waals surface area contributed by atoms with Crippen molar-refractivity contribution in [2.75, 3.05) is 31.1 Å². The van der Waals surface area contributed by atoms with Crippen LogP contribution >= 0.6 is 0 Å². The minimum Gasteiger partial charge on any atom is -0.444 e. The molecule has 0 aliphatic carbocycles. The Bertz CT molecular complexity index is 737. The zero-order valence-electron chi connectivity index (χ0n) is 17.1. The predicted molar refractivity (Wildman–Crippen MR) is 108 cm³/mol. The SMILES string of the molecule is [C-]#[N+]c1cc(F)cc(N2CCC(C3CCN(C(=O)OC(C)(C)C)CC3)CC2)c1. The van der Waals surface area contributed by atoms with Crippen LogP contribution in [-0.2, 0) is 4.74 Å². The van der Waals surface area contributed by atoms with Gasteiger partial charge >= 0.3 is 6.09 Å². The van der Waals surface area contributed by atoms with Crippen molar-refractivity contribution >= 4 is 17.5 Å². The maximum Gasteiger partial charge on any atom is 0.410 e. The van der Waals surface area contributed by atoms with E-state index in [4.69, 9.17) is 11.3 Å². The van der Waals surface area contributed by atoms with Gasteiger partial charge in [-0.1, -0.05) is 0 Å². The fraction of sp³-hybridized carbons (Fsp3) is 0.636. The van der Waals surface area contributed by atoms with Crippen LogP contribution < -0.4 is 4.90 Å². The number of carbonyl (C=O) groups excluding carboxylic acids is 1. The third kappa shape index (κ3) is 5.15. The van der Waals surface area contributed by atoms with Gasteiger partial charge in [0.1, 0.15) is 11.4 Å². The standard InChI is InChI=1S/C22H30FN3O2/c1-22(2,3)28-21(27)26-11-7-17(8-12-26)16-5-9-25(10-6-16)20-14-18(23)13-19(15-20)24-4/h13-17H,5-12H2,1-3H3. The topological polar surface area (TPSA) is 37.1 Å². The molecule has 1 aromatic carbocycles. The van der Waals surface area contributed by atoms with Gasteiger partial charge in [0.05, 0.1) is 6.57 Å². The fourth-order valence-corrected chi connectivity index (χ4v) is 4.32. The number of hydrogen-bond acceptors (Lipinski definition) is 3. The molecule has 0 aromatic heterocycles. The van der Waals surface area contributed by atoms with Gasteiger partial charge in [-0.25, -0.2) is 14.0 Å². The maximum atomic E-state index is 13.7. The van der Waals surface area contributed by atoms with E-state index in [1.165, 1.54) is 12.1 Å². The summed E-state index contributed by atoms with van der Waals surface area (Å²) in [6.07, 6.45) is 3.97. The lowest BCUT2D eigenvalue weighted by molar-refractivity contribution is 0.0152. The summed E-state index contributed by atoms with van der Waals surface area (Å²) >= 11 is 0. The molecular formula is C22H30FN3O2. The van der Waals surface area contributed by atoms with Crippen molar-refractivity contribution in [1.29, 1.82) is 0 Å². The van der Waals surface area contributed by atoms with Gasteiger partial charge in [0.2, 0.25) is 0 Å². The van der Waals surface area contributed by atoms with Gasteiger partial charge in [-0.15, -0.1) is 0 Å². The van der Waals surface area contributed by atoms with Crippen LogP contribution in [0.1, 0.15) is 46.5 Å². The second-order valence-electron chi connectivity index (χ2n) is 8.91. The van der Waals surface area contributed by atoms with Crippen molar-refractivity contribution in [2.45, 2.75) is 52.1 Å². The van der Waals surface area contributed by atoms with Gasteiger partial charge in [-0.05, 0) is 76.5 Å². The summed E-state index contributed by atoms with van der Waals surface area (Å²) in [5.74, 6) is 0.929. The average Bonchev–Trinajstić information content (AvgIpc) is 2.66. The van der Waals surface area contributed by atoms with Crippen molar-refractivity contribution in [2.24, 2.45) is 11.8 Å². The van der Waals surface area contributed by atoms with Crippen molar-refractivity contribution in [1.82, 2.24) is 4.90 Å². The van der Waals surface area contributed by atoms with Gasteiger partial charge in [-0.2, -0.15) is 0 Å². The molecular weight excluding hydrogens is 357 g/mol. The Kier molecular flexibility index (Phi) is 6.12. The van der Waals surface area contributed by atoms with Crippen molar-refractivity contribution in [3.63, 3.8) is 0 Å². The van der Waals surface area contributed by atoms with Gasteiger partial charge < -0.3 is 14.5 Å². The van der Waals surface area contributed by atoms with Crippen LogP contribution in [0.5, 0.6) is 0 Å². The van der Waals surface area contributed by atoms with Crippen molar-refractivity contribution < 1.29 is 13.9 Å². The molecule has 28 heavy (non-hydrogen) atoms. The summed E-state index contributed by atoms with van der Waals surface area (Å²) < 4.78 is 19.2. The van der Waals surface area contributed by atoms with Gasteiger partial charge in [-0.3, -0.25) is 0 Å². The summed E-state index contributed by atoms with van der Waals surface area (Å²) in [7, 11) is 0. The van der Waals surface area contributed by atoms with Crippen molar-refractivity contribution in [3.05, 3.63) is 35.4 Å². The van der Waals surface area contributed by atoms with Crippen LogP contribution in [0.2, 0.25) is 0 Å². The second-order valence-corrected chi connectivity index (χ2v) is 8.91. The minimum atomic E-state index is -0.454. The fourth-order valence-electron chi connectivity index (χ4n) is 4.32. The Labute approximate surface area is 167 Å². The lowest BCUT2D eigenvalue weighted by atomic mass is 9.79. The number of anilines is 1. The first-order chi connectivity index (χ1) is 13.2. The Balaban J connectivity index is 1.49. The summed E-state index contributed by atoms with van der Waals surface area (Å²) in [6.45, 7) is 16.1. The molecule has 0 radical (unpaired) electrons. The number of rotatable bonds is 2. The molecule has 0 spiro atoms. The number of likely N-dealkylation sites (tertiary alicyclic amines) is 1. The molecule has 3 rings (SSSR count). The molecule has 0 unspecified atom stereocenters. The Morgan fingerprint density at radius 1 is 1.07 bits per heavy atom. The summed E-state index contributed by atoms with van der Waals surface area (Å²) in [5.41, 5.74) is 0.709. The number of benzene rings is 1. The molecule has 152 valence electrons. The maximum absolute atomic E-state index is 13.7.